The van der Waals surface area contributed by atoms with Crippen LogP contribution in [0.1, 0.15) is 13.3 Å². The Morgan fingerprint density at radius 3 is 2.84 bits per heavy atom. The molecule has 0 amide bonds. The van der Waals surface area contributed by atoms with Crippen LogP contribution in [0, 0.1) is 10.1 Å². The Kier molecular flexibility index (Phi) is 5.43. The molecule has 1 aromatic rings. The lowest BCUT2D eigenvalue weighted by molar-refractivity contribution is -0.384. The average molecular weight is 330 g/mol. The Morgan fingerprint density at radius 1 is 1.58 bits per heavy atom. The second kappa shape index (κ2) is 6.83. The van der Waals surface area contributed by atoms with E-state index in [-0.39, 0.29) is 17.8 Å². The molecule has 0 bridgehead atoms. The summed E-state index contributed by atoms with van der Waals surface area (Å²) in [5.41, 5.74) is 3.17. The lowest BCUT2D eigenvalue weighted by atomic mass is 10.3. The van der Waals surface area contributed by atoms with Crippen molar-refractivity contribution in [2.75, 3.05) is 12.5 Å². The quantitative estimate of drug-likeness (QED) is 0.388. The van der Waals surface area contributed by atoms with Crippen LogP contribution in [-0.2, 0) is 9.53 Å². The number of hydrogen-bond acceptors (Lipinski definition) is 6. The van der Waals surface area contributed by atoms with E-state index in [1.54, 1.807) is 13.0 Å². The van der Waals surface area contributed by atoms with Gasteiger partial charge in [-0.2, -0.15) is 5.10 Å². The number of nitro benzene ring substituents is 1. The number of methoxy groups -OCH3 is 1. The smallest absolute Gasteiger partial charge is 0.311 e. The first-order valence-corrected chi connectivity index (χ1v) is 6.03. The van der Waals surface area contributed by atoms with Gasteiger partial charge in [-0.15, -0.1) is 0 Å². The normalized spacial score (nSPS) is 11.0. The number of nitrogens with zero attached hydrogens (tertiary/aromatic N) is 2. The Bertz CT molecular complexity index is 531. The predicted molar refractivity (Wildman–Crippen MR) is 74.2 cm³/mol. The zero-order valence-electron chi connectivity index (χ0n) is 10.3. The molecule has 0 radical (unpaired) electrons. The van der Waals surface area contributed by atoms with E-state index in [0.717, 1.165) is 0 Å². The summed E-state index contributed by atoms with van der Waals surface area (Å²) in [7, 11) is 1.28. The van der Waals surface area contributed by atoms with Gasteiger partial charge in [0.15, 0.2) is 0 Å². The van der Waals surface area contributed by atoms with Crippen LogP contribution in [0.3, 0.4) is 0 Å². The summed E-state index contributed by atoms with van der Waals surface area (Å²) < 4.78 is 5.09. The van der Waals surface area contributed by atoms with Crippen molar-refractivity contribution in [1.29, 1.82) is 0 Å². The van der Waals surface area contributed by atoms with Crippen LogP contribution in [0.4, 0.5) is 11.4 Å². The Hall–Kier alpha value is -1.96. The first kappa shape index (κ1) is 15.1. The number of carbonyl (C=O) groups is 1. The van der Waals surface area contributed by atoms with E-state index in [1.807, 2.05) is 0 Å². The van der Waals surface area contributed by atoms with Crippen LogP contribution < -0.4 is 5.43 Å². The third-order valence-electron chi connectivity index (χ3n) is 2.15. The molecule has 0 aliphatic carbocycles. The number of esters is 1. The highest BCUT2D eigenvalue weighted by molar-refractivity contribution is 9.10. The largest absolute Gasteiger partial charge is 0.469 e. The Labute approximate surface area is 117 Å². The molecule has 1 aromatic carbocycles. The second-order valence-corrected chi connectivity index (χ2v) is 4.55. The molecular formula is C11H12BrN3O4. The fraction of sp³-hybridized carbons (Fsp3) is 0.273. The van der Waals surface area contributed by atoms with E-state index >= 15 is 0 Å². The number of ether oxygens (including phenoxy) is 1. The van der Waals surface area contributed by atoms with Crippen molar-refractivity contribution in [1.82, 2.24) is 0 Å². The topological polar surface area (TPSA) is 93.8 Å². The summed E-state index contributed by atoms with van der Waals surface area (Å²) in [6.45, 7) is 1.62. The summed E-state index contributed by atoms with van der Waals surface area (Å²) in [5, 5.41) is 14.8. The number of nitro groups is 1. The van der Waals surface area contributed by atoms with Gasteiger partial charge in [0.1, 0.15) is 5.69 Å². The molecule has 0 atom stereocenters. The number of anilines is 1. The van der Waals surface area contributed by atoms with Crippen molar-refractivity contribution in [3.8, 4) is 0 Å². The molecule has 1 rings (SSSR count). The van der Waals surface area contributed by atoms with Crippen molar-refractivity contribution < 1.29 is 14.5 Å². The van der Waals surface area contributed by atoms with Crippen molar-refractivity contribution in [3.05, 3.63) is 32.8 Å². The molecule has 0 fully saturated rings. The number of halogens is 1. The van der Waals surface area contributed by atoms with E-state index in [2.05, 4.69) is 31.2 Å². The summed E-state index contributed by atoms with van der Waals surface area (Å²) in [6, 6.07) is 4.55. The van der Waals surface area contributed by atoms with Crippen LogP contribution in [0.25, 0.3) is 0 Å². The summed E-state index contributed by atoms with van der Waals surface area (Å²) >= 11 is 3.16. The summed E-state index contributed by atoms with van der Waals surface area (Å²) in [4.78, 5) is 21.4. The van der Waals surface area contributed by atoms with Gasteiger partial charge in [0.2, 0.25) is 0 Å². The minimum absolute atomic E-state index is 0.0217. The highest BCUT2D eigenvalue weighted by Gasteiger charge is 2.13. The molecule has 0 saturated carbocycles. The summed E-state index contributed by atoms with van der Waals surface area (Å²) in [5.74, 6) is -0.423. The van der Waals surface area contributed by atoms with Gasteiger partial charge in [0.25, 0.3) is 5.69 Å². The molecule has 0 aromatic heterocycles. The lowest BCUT2D eigenvalue weighted by Crippen LogP contribution is -2.08. The van der Waals surface area contributed by atoms with Gasteiger partial charge in [0.05, 0.1) is 18.5 Å². The standard InChI is InChI=1S/C11H12BrN3O4/c1-7(5-11(16)19-2)13-14-9-4-3-8(12)6-10(9)15(17)18/h3-4,6,14H,5H2,1-2H3/b13-7+. The number of carbonyl (C=O) groups excluding carboxylic acids is 1. The van der Waals surface area contributed by atoms with Crippen molar-refractivity contribution in [2.45, 2.75) is 13.3 Å². The molecule has 0 unspecified atom stereocenters. The van der Waals surface area contributed by atoms with Crippen molar-refractivity contribution in [3.63, 3.8) is 0 Å². The maximum Gasteiger partial charge on any atom is 0.311 e. The third-order valence-corrected chi connectivity index (χ3v) is 2.64. The van der Waals surface area contributed by atoms with Gasteiger partial charge in [-0.05, 0) is 19.1 Å². The number of benzene rings is 1. The van der Waals surface area contributed by atoms with Gasteiger partial charge in [0, 0.05) is 16.3 Å². The van der Waals surface area contributed by atoms with E-state index in [4.69, 9.17) is 0 Å². The van der Waals surface area contributed by atoms with Crippen LogP contribution in [0.2, 0.25) is 0 Å². The third kappa shape index (κ3) is 4.66. The number of hydrogen-bond donors (Lipinski definition) is 1. The van der Waals surface area contributed by atoms with E-state index < -0.39 is 10.9 Å². The number of hydrazone groups is 1. The Balaban J connectivity index is 2.85. The van der Waals surface area contributed by atoms with Gasteiger partial charge in [-0.25, -0.2) is 0 Å². The van der Waals surface area contributed by atoms with Crippen LogP contribution in [-0.4, -0.2) is 23.7 Å². The van der Waals surface area contributed by atoms with E-state index in [9.17, 15) is 14.9 Å². The average Bonchev–Trinajstić information content (AvgIpc) is 2.36. The monoisotopic (exact) mass is 329 g/mol. The highest BCUT2D eigenvalue weighted by atomic mass is 79.9. The second-order valence-electron chi connectivity index (χ2n) is 3.63. The van der Waals surface area contributed by atoms with Gasteiger partial charge >= 0.3 is 5.97 Å². The molecule has 0 heterocycles. The molecule has 0 aliphatic heterocycles. The minimum Gasteiger partial charge on any atom is -0.469 e. The van der Waals surface area contributed by atoms with Crippen molar-refractivity contribution >= 4 is 39.0 Å². The molecule has 0 saturated heterocycles. The molecule has 0 spiro atoms. The van der Waals surface area contributed by atoms with Gasteiger partial charge < -0.3 is 4.74 Å². The molecule has 19 heavy (non-hydrogen) atoms. The highest BCUT2D eigenvalue weighted by Crippen LogP contribution is 2.27. The maximum absolute atomic E-state index is 11.0. The van der Waals surface area contributed by atoms with Crippen LogP contribution in [0.5, 0.6) is 0 Å². The SMILES string of the molecule is COC(=O)C/C(C)=N/Nc1ccc(Br)cc1[N+](=O)[O-]. The van der Waals surface area contributed by atoms with Gasteiger partial charge in [-0.3, -0.25) is 20.3 Å². The molecular weight excluding hydrogens is 318 g/mol. The zero-order valence-corrected chi connectivity index (χ0v) is 11.9. The maximum atomic E-state index is 11.0. The van der Waals surface area contributed by atoms with Crippen molar-refractivity contribution in [2.24, 2.45) is 5.10 Å². The predicted octanol–water partition coefficient (Wildman–Crippen LogP) is 2.71. The molecule has 8 heteroatoms. The van der Waals surface area contributed by atoms with E-state index in [1.165, 1.54) is 19.2 Å². The molecule has 1 N–H and O–H groups in total. The fourth-order valence-electron chi connectivity index (χ4n) is 1.23. The number of rotatable bonds is 5. The Morgan fingerprint density at radius 2 is 2.26 bits per heavy atom. The van der Waals surface area contributed by atoms with Crippen LogP contribution in [0.15, 0.2) is 27.8 Å². The van der Waals surface area contributed by atoms with E-state index in [0.29, 0.717) is 10.2 Å². The number of nitrogens with one attached hydrogen (secondary N) is 1. The lowest BCUT2D eigenvalue weighted by Gasteiger charge is -2.04. The molecule has 7 nitrogen and oxygen atoms in total. The van der Waals surface area contributed by atoms with Gasteiger partial charge in [-0.1, -0.05) is 15.9 Å². The molecule has 102 valence electrons. The van der Waals surface area contributed by atoms with Crippen LogP contribution >= 0.6 is 15.9 Å². The fourth-order valence-corrected chi connectivity index (χ4v) is 1.58. The first-order chi connectivity index (χ1) is 8.93. The minimum atomic E-state index is -0.516. The first-order valence-electron chi connectivity index (χ1n) is 5.24. The molecule has 0 aliphatic rings. The summed E-state index contributed by atoms with van der Waals surface area (Å²) in [6.07, 6.45) is 0.0217. The zero-order chi connectivity index (χ0) is 14.4.